The van der Waals surface area contributed by atoms with Crippen LogP contribution in [0.3, 0.4) is 0 Å². The second-order valence-corrected chi connectivity index (χ2v) is 6.08. The number of halogens is 2. The Balaban J connectivity index is 0.00000220. The molecule has 2 saturated heterocycles. The summed E-state index contributed by atoms with van der Waals surface area (Å²) in [5.41, 5.74) is 0. The van der Waals surface area contributed by atoms with Crippen molar-refractivity contribution in [2.45, 2.75) is 38.1 Å². The van der Waals surface area contributed by atoms with Crippen molar-refractivity contribution in [1.82, 2.24) is 15.5 Å². The summed E-state index contributed by atoms with van der Waals surface area (Å²) >= 11 is 0. The zero-order valence-electron chi connectivity index (χ0n) is 13.5. The molecule has 0 aliphatic carbocycles. The van der Waals surface area contributed by atoms with Crippen molar-refractivity contribution in [3.63, 3.8) is 0 Å². The van der Waals surface area contributed by atoms with Gasteiger partial charge in [-0.25, -0.2) is 0 Å². The minimum absolute atomic E-state index is 0. The number of hydrogen-bond donors (Lipinski definition) is 2. The van der Waals surface area contributed by atoms with E-state index in [2.05, 4.69) is 15.5 Å². The number of carbonyl (C=O) groups is 1. The van der Waals surface area contributed by atoms with E-state index >= 15 is 0 Å². The van der Waals surface area contributed by atoms with Crippen LogP contribution in [0.4, 0.5) is 0 Å². The van der Waals surface area contributed by atoms with Crippen molar-refractivity contribution in [3.05, 3.63) is 0 Å². The van der Waals surface area contributed by atoms with Crippen LogP contribution in [0.5, 0.6) is 0 Å². The third-order valence-electron chi connectivity index (χ3n) is 4.49. The lowest BCUT2D eigenvalue weighted by atomic mass is 9.93. The summed E-state index contributed by atoms with van der Waals surface area (Å²) < 4.78 is 5.09. The molecule has 2 aliphatic rings. The monoisotopic (exact) mass is 355 g/mol. The van der Waals surface area contributed by atoms with Gasteiger partial charge in [-0.15, -0.1) is 24.8 Å². The van der Waals surface area contributed by atoms with E-state index in [1.807, 2.05) is 0 Å². The molecule has 2 rings (SSSR count). The largest absolute Gasteiger partial charge is 0.383 e. The number of ether oxygens (including phenoxy) is 1. The summed E-state index contributed by atoms with van der Waals surface area (Å²) in [4.78, 5) is 14.4. The van der Waals surface area contributed by atoms with Gasteiger partial charge in [0, 0.05) is 39.2 Å². The Morgan fingerprint density at radius 1 is 1.27 bits per heavy atom. The maximum atomic E-state index is 12.0. The van der Waals surface area contributed by atoms with E-state index in [4.69, 9.17) is 4.74 Å². The standard InChI is InChI=1S/C15H29N3O2.2ClH/c1-20-11-10-18-9-6-14(12-18)17-15(19)3-2-13-4-7-16-8-5-13;;/h13-14,16H,2-12H2,1H3,(H,17,19);2*1H. The Bertz CT molecular complexity index is 303. The number of likely N-dealkylation sites (tertiary alicyclic amines) is 1. The summed E-state index contributed by atoms with van der Waals surface area (Å²) in [5, 5.41) is 6.55. The second kappa shape index (κ2) is 12.4. The molecule has 0 radical (unpaired) electrons. The van der Waals surface area contributed by atoms with Crippen molar-refractivity contribution >= 4 is 30.7 Å². The van der Waals surface area contributed by atoms with Crippen LogP contribution in [-0.2, 0) is 9.53 Å². The van der Waals surface area contributed by atoms with E-state index in [9.17, 15) is 4.79 Å². The molecular weight excluding hydrogens is 325 g/mol. The van der Waals surface area contributed by atoms with Gasteiger partial charge in [-0.2, -0.15) is 0 Å². The Morgan fingerprint density at radius 2 is 2.00 bits per heavy atom. The first-order valence-corrected chi connectivity index (χ1v) is 7.99. The molecule has 2 aliphatic heterocycles. The van der Waals surface area contributed by atoms with Crippen molar-refractivity contribution in [1.29, 1.82) is 0 Å². The Hall–Kier alpha value is -0.0700. The molecule has 0 aromatic carbocycles. The number of hydrogen-bond acceptors (Lipinski definition) is 4. The van der Waals surface area contributed by atoms with Crippen LogP contribution in [0.1, 0.15) is 32.1 Å². The van der Waals surface area contributed by atoms with Crippen LogP contribution < -0.4 is 10.6 Å². The molecule has 1 unspecified atom stereocenters. The molecule has 2 heterocycles. The molecule has 0 saturated carbocycles. The average Bonchev–Trinajstić information content (AvgIpc) is 2.91. The fourth-order valence-electron chi connectivity index (χ4n) is 3.18. The van der Waals surface area contributed by atoms with Crippen LogP contribution >= 0.6 is 24.8 Å². The SMILES string of the molecule is COCCN1CCC(NC(=O)CCC2CCNCC2)C1.Cl.Cl. The number of piperidine rings is 1. The van der Waals surface area contributed by atoms with Gasteiger partial charge in [-0.3, -0.25) is 9.69 Å². The minimum Gasteiger partial charge on any atom is -0.383 e. The van der Waals surface area contributed by atoms with Crippen LogP contribution in [0.25, 0.3) is 0 Å². The highest BCUT2D eigenvalue weighted by molar-refractivity contribution is 5.85. The smallest absolute Gasteiger partial charge is 0.220 e. The first-order chi connectivity index (χ1) is 9.78. The number of nitrogens with one attached hydrogen (secondary N) is 2. The zero-order chi connectivity index (χ0) is 14.2. The van der Waals surface area contributed by atoms with Crippen molar-refractivity contribution in [2.75, 3.05) is 46.4 Å². The van der Waals surface area contributed by atoms with Gasteiger partial charge in [0.2, 0.25) is 5.91 Å². The van der Waals surface area contributed by atoms with Crippen molar-refractivity contribution in [3.8, 4) is 0 Å². The number of nitrogens with zero attached hydrogens (tertiary/aromatic N) is 1. The van der Waals surface area contributed by atoms with E-state index in [-0.39, 0.29) is 30.7 Å². The van der Waals surface area contributed by atoms with Crippen LogP contribution in [0.2, 0.25) is 0 Å². The fraction of sp³-hybridized carbons (Fsp3) is 0.933. The summed E-state index contributed by atoms with van der Waals surface area (Å²) in [6.07, 6.45) is 5.26. The van der Waals surface area contributed by atoms with Gasteiger partial charge in [0.15, 0.2) is 0 Å². The lowest BCUT2D eigenvalue weighted by Gasteiger charge is -2.22. The molecule has 0 bridgehead atoms. The summed E-state index contributed by atoms with van der Waals surface area (Å²) in [6.45, 7) is 6.02. The van der Waals surface area contributed by atoms with E-state index in [1.54, 1.807) is 7.11 Å². The molecule has 22 heavy (non-hydrogen) atoms. The van der Waals surface area contributed by atoms with E-state index in [0.717, 1.165) is 58.1 Å². The number of rotatable bonds is 7. The topological polar surface area (TPSA) is 53.6 Å². The van der Waals surface area contributed by atoms with Gasteiger partial charge in [0.05, 0.1) is 6.61 Å². The quantitative estimate of drug-likeness (QED) is 0.725. The van der Waals surface area contributed by atoms with Gasteiger partial charge < -0.3 is 15.4 Å². The Morgan fingerprint density at radius 3 is 2.68 bits per heavy atom. The molecular formula is C15H31Cl2N3O2. The fourth-order valence-corrected chi connectivity index (χ4v) is 3.18. The maximum absolute atomic E-state index is 12.0. The van der Waals surface area contributed by atoms with Crippen LogP contribution in [-0.4, -0.2) is 63.3 Å². The first kappa shape index (κ1) is 21.9. The zero-order valence-corrected chi connectivity index (χ0v) is 15.1. The van der Waals surface area contributed by atoms with Gasteiger partial charge in [0.1, 0.15) is 0 Å². The highest BCUT2D eigenvalue weighted by Gasteiger charge is 2.23. The first-order valence-electron chi connectivity index (χ1n) is 7.99. The summed E-state index contributed by atoms with van der Waals surface area (Å²) in [5.74, 6) is 0.978. The molecule has 1 atom stereocenters. The second-order valence-electron chi connectivity index (χ2n) is 6.08. The molecule has 1 amide bonds. The third kappa shape index (κ3) is 7.97. The molecule has 0 spiro atoms. The third-order valence-corrected chi connectivity index (χ3v) is 4.49. The molecule has 2 fully saturated rings. The molecule has 0 aromatic rings. The highest BCUT2D eigenvalue weighted by atomic mass is 35.5. The number of methoxy groups -OCH3 is 1. The van der Waals surface area contributed by atoms with Gasteiger partial charge >= 0.3 is 0 Å². The predicted octanol–water partition coefficient (Wildman–Crippen LogP) is 1.45. The van der Waals surface area contributed by atoms with E-state index in [0.29, 0.717) is 12.5 Å². The van der Waals surface area contributed by atoms with E-state index in [1.165, 1.54) is 12.8 Å². The van der Waals surface area contributed by atoms with Gasteiger partial charge in [0.25, 0.3) is 0 Å². The summed E-state index contributed by atoms with van der Waals surface area (Å²) in [6, 6.07) is 0.340. The number of amides is 1. The van der Waals surface area contributed by atoms with Gasteiger partial charge in [-0.1, -0.05) is 0 Å². The average molecular weight is 356 g/mol. The molecule has 2 N–H and O–H groups in total. The highest BCUT2D eigenvalue weighted by Crippen LogP contribution is 2.18. The maximum Gasteiger partial charge on any atom is 0.220 e. The van der Waals surface area contributed by atoms with Gasteiger partial charge in [-0.05, 0) is 44.7 Å². The normalized spacial score (nSPS) is 22.7. The predicted molar refractivity (Wildman–Crippen MR) is 94.2 cm³/mol. The van der Waals surface area contributed by atoms with Crippen LogP contribution in [0, 0.1) is 5.92 Å². The van der Waals surface area contributed by atoms with Crippen molar-refractivity contribution < 1.29 is 9.53 Å². The van der Waals surface area contributed by atoms with E-state index < -0.39 is 0 Å². The summed E-state index contributed by atoms with van der Waals surface area (Å²) in [7, 11) is 1.73. The molecule has 132 valence electrons. The molecule has 5 nitrogen and oxygen atoms in total. The Labute approximate surface area is 146 Å². The lowest BCUT2D eigenvalue weighted by Crippen LogP contribution is -2.38. The van der Waals surface area contributed by atoms with Crippen molar-refractivity contribution in [2.24, 2.45) is 5.92 Å². The Kier molecular flexibility index (Phi) is 12.3. The molecule has 7 heteroatoms. The van der Waals surface area contributed by atoms with Crippen LogP contribution in [0.15, 0.2) is 0 Å². The molecule has 0 aromatic heterocycles. The number of carbonyl (C=O) groups excluding carboxylic acids is 1. The minimum atomic E-state index is 0. The lowest BCUT2D eigenvalue weighted by molar-refractivity contribution is -0.122.